The topological polar surface area (TPSA) is 89.1 Å². The first-order chi connectivity index (χ1) is 17.4. The quantitative estimate of drug-likeness (QED) is 0.502. The van der Waals surface area contributed by atoms with E-state index in [1.54, 1.807) is 31.4 Å². The van der Waals surface area contributed by atoms with Gasteiger partial charge in [0.25, 0.3) is 11.8 Å². The second-order valence-corrected chi connectivity index (χ2v) is 8.61. The molecule has 0 spiro atoms. The van der Waals surface area contributed by atoms with Gasteiger partial charge in [0.2, 0.25) is 0 Å². The molecule has 36 heavy (non-hydrogen) atoms. The van der Waals surface area contributed by atoms with Gasteiger partial charge in [-0.25, -0.2) is 0 Å². The highest BCUT2D eigenvalue weighted by molar-refractivity contribution is 6.07. The Kier molecular flexibility index (Phi) is 7.75. The summed E-state index contributed by atoms with van der Waals surface area (Å²) in [6, 6.07) is 16.3. The molecule has 0 radical (unpaired) electrons. The van der Waals surface area contributed by atoms with Gasteiger partial charge in [0, 0.05) is 41.3 Å². The summed E-state index contributed by atoms with van der Waals surface area (Å²) in [5.74, 6) is 0.514. The molecule has 0 aromatic heterocycles. The maximum absolute atomic E-state index is 13.0. The molecule has 0 bridgehead atoms. The third kappa shape index (κ3) is 5.60. The van der Waals surface area contributed by atoms with E-state index in [0.717, 1.165) is 29.9 Å². The Balaban J connectivity index is 1.47. The Morgan fingerprint density at radius 2 is 1.56 bits per heavy atom. The van der Waals surface area contributed by atoms with Crippen molar-refractivity contribution in [3.63, 3.8) is 0 Å². The van der Waals surface area contributed by atoms with Crippen LogP contribution < -0.4 is 25.0 Å². The number of aryl methyl sites for hydroxylation is 2. The normalized spacial score (nSPS) is 13.2. The molecule has 8 nitrogen and oxygen atoms in total. The molecule has 1 heterocycles. The molecule has 0 unspecified atom stereocenters. The average molecular weight is 490 g/mol. The van der Waals surface area contributed by atoms with E-state index in [1.165, 1.54) is 7.11 Å². The molecule has 3 aromatic rings. The van der Waals surface area contributed by atoms with Crippen LogP contribution in [0.5, 0.6) is 11.5 Å². The first kappa shape index (κ1) is 25.1. The summed E-state index contributed by atoms with van der Waals surface area (Å²) in [7, 11) is 3.06. The van der Waals surface area contributed by atoms with Crippen LogP contribution in [0.25, 0.3) is 0 Å². The fourth-order valence-electron chi connectivity index (χ4n) is 4.13. The van der Waals surface area contributed by atoms with Crippen molar-refractivity contribution >= 4 is 28.9 Å². The fraction of sp³-hybridized carbons (Fsp3) is 0.286. The fourth-order valence-corrected chi connectivity index (χ4v) is 4.13. The van der Waals surface area contributed by atoms with Crippen LogP contribution in [0, 0.1) is 13.8 Å². The number of anilines is 3. The Morgan fingerprint density at radius 1 is 0.806 bits per heavy atom. The summed E-state index contributed by atoms with van der Waals surface area (Å²) < 4.78 is 16.0. The van der Waals surface area contributed by atoms with Gasteiger partial charge in [-0.3, -0.25) is 9.59 Å². The second kappa shape index (κ2) is 11.1. The van der Waals surface area contributed by atoms with Crippen LogP contribution >= 0.6 is 0 Å². The molecule has 1 fully saturated rings. The molecule has 188 valence electrons. The number of hydrogen-bond acceptors (Lipinski definition) is 6. The molecular formula is C28H31N3O5. The number of carbonyl (C=O) groups is 2. The minimum Gasteiger partial charge on any atom is -0.493 e. The zero-order valence-electron chi connectivity index (χ0n) is 21.0. The summed E-state index contributed by atoms with van der Waals surface area (Å²) in [6.45, 7) is 6.92. The first-order valence-corrected chi connectivity index (χ1v) is 11.8. The van der Waals surface area contributed by atoms with E-state index in [0.29, 0.717) is 47.2 Å². The number of nitrogens with one attached hydrogen (secondary N) is 2. The first-order valence-electron chi connectivity index (χ1n) is 11.8. The van der Waals surface area contributed by atoms with Gasteiger partial charge in [0.05, 0.1) is 27.4 Å². The average Bonchev–Trinajstić information content (AvgIpc) is 2.90. The molecule has 4 rings (SSSR count). The predicted molar refractivity (Wildman–Crippen MR) is 141 cm³/mol. The zero-order chi connectivity index (χ0) is 25.7. The maximum Gasteiger partial charge on any atom is 0.255 e. The lowest BCUT2D eigenvalue weighted by atomic mass is 10.1. The molecule has 1 aliphatic heterocycles. The minimum atomic E-state index is -0.294. The van der Waals surface area contributed by atoms with Gasteiger partial charge in [-0.05, 0) is 73.5 Å². The van der Waals surface area contributed by atoms with Crippen molar-refractivity contribution in [2.45, 2.75) is 13.8 Å². The molecule has 3 aromatic carbocycles. The standard InChI is InChI=1S/C28H31N3O5/c1-18-5-7-21(17-24(18)30-27(32)20-6-10-25(34-3)26(16-20)35-4)29-28(33)23-9-8-22(15-19(23)2)31-11-13-36-14-12-31/h5-10,15-17H,11-14H2,1-4H3,(H,29,33)(H,30,32). The van der Waals surface area contributed by atoms with Crippen molar-refractivity contribution in [1.82, 2.24) is 0 Å². The number of rotatable bonds is 7. The lowest BCUT2D eigenvalue weighted by Crippen LogP contribution is -2.36. The van der Waals surface area contributed by atoms with E-state index >= 15 is 0 Å². The van der Waals surface area contributed by atoms with Crippen LogP contribution in [-0.4, -0.2) is 52.3 Å². The van der Waals surface area contributed by atoms with Crippen molar-refractivity contribution in [2.24, 2.45) is 0 Å². The van der Waals surface area contributed by atoms with E-state index in [9.17, 15) is 9.59 Å². The molecule has 1 saturated heterocycles. The Hall–Kier alpha value is -4.04. The smallest absolute Gasteiger partial charge is 0.255 e. The number of carbonyl (C=O) groups excluding carboxylic acids is 2. The third-order valence-electron chi connectivity index (χ3n) is 6.22. The van der Waals surface area contributed by atoms with Gasteiger partial charge in [-0.15, -0.1) is 0 Å². The van der Waals surface area contributed by atoms with Crippen LogP contribution in [0.2, 0.25) is 0 Å². The molecule has 8 heteroatoms. The lowest BCUT2D eigenvalue weighted by molar-refractivity contribution is 0.101. The van der Waals surface area contributed by atoms with E-state index in [4.69, 9.17) is 14.2 Å². The number of nitrogens with zero attached hydrogens (tertiary/aromatic N) is 1. The van der Waals surface area contributed by atoms with Crippen LogP contribution in [0.1, 0.15) is 31.8 Å². The molecule has 1 aliphatic rings. The van der Waals surface area contributed by atoms with Gasteiger partial charge < -0.3 is 29.7 Å². The lowest BCUT2D eigenvalue weighted by Gasteiger charge is -2.29. The predicted octanol–water partition coefficient (Wildman–Crippen LogP) is 4.66. The van der Waals surface area contributed by atoms with Crippen LogP contribution in [0.15, 0.2) is 54.6 Å². The largest absolute Gasteiger partial charge is 0.493 e. The number of morpholine rings is 1. The molecule has 2 amide bonds. The molecular weight excluding hydrogens is 458 g/mol. The highest BCUT2D eigenvalue weighted by atomic mass is 16.5. The van der Waals surface area contributed by atoms with Crippen molar-refractivity contribution in [3.8, 4) is 11.5 Å². The SMILES string of the molecule is COc1ccc(C(=O)Nc2cc(NC(=O)c3ccc(N4CCOCC4)cc3C)ccc2C)cc1OC. The van der Waals surface area contributed by atoms with Crippen LogP contribution in [0.3, 0.4) is 0 Å². The molecule has 0 aliphatic carbocycles. The van der Waals surface area contributed by atoms with E-state index in [1.807, 2.05) is 44.2 Å². The Morgan fingerprint density at radius 3 is 2.25 bits per heavy atom. The molecule has 0 atom stereocenters. The van der Waals surface area contributed by atoms with Crippen molar-refractivity contribution in [1.29, 1.82) is 0 Å². The van der Waals surface area contributed by atoms with Crippen LogP contribution in [-0.2, 0) is 4.74 Å². The van der Waals surface area contributed by atoms with Gasteiger partial charge >= 0.3 is 0 Å². The van der Waals surface area contributed by atoms with Gasteiger partial charge in [0.15, 0.2) is 11.5 Å². The second-order valence-electron chi connectivity index (χ2n) is 8.61. The summed E-state index contributed by atoms with van der Waals surface area (Å²) in [5, 5.41) is 5.87. The summed E-state index contributed by atoms with van der Waals surface area (Å²) in [5.41, 5.74) is 5.07. The van der Waals surface area contributed by atoms with Gasteiger partial charge in [-0.2, -0.15) is 0 Å². The maximum atomic E-state index is 13.0. The van der Waals surface area contributed by atoms with E-state index in [-0.39, 0.29) is 11.8 Å². The van der Waals surface area contributed by atoms with Crippen molar-refractivity contribution in [3.05, 3.63) is 76.9 Å². The third-order valence-corrected chi connectivity index (χ3v) is 6.22. The summed E-state index contributed by atoms with van der Waals surface area (Å²) in [6.07, 6.45) is 0. The number of benzene rings is 3. The number of methoxy groups -OCH3 is 2. The van der Waals surface area contributed by atoms with Crippen molar-refractivity contribution in [2.75, 3.05) is 56.1 Å². The minimum absolute atomic E-state index is 0.206. The number of ether oxygens (including phenoxy) is 3. The highest BCUT2D eigenvalue weighted by Gasteiger charge is 2.16. The summed E-state index contributed by atoms with van der Waals surface area (Å²) in [4.78, 5) is 28.2. The van der Waals surface area contributed by atoms with Crippen molar-refractivity contribution < 1.29 is 23.8 Å². The van der Waals surface area contributed by atoms with E-state index < -0.39 is 0 Å². The number of hydrogen-bond donors (Lipinski definition) is 2. The summed E-state index contributed by atoms with van der Waals surface area (Å²) >= 11 is 0. The Labute approximate surface area is 211 Å². The Bertz CT molecular complexity index is 1270. The molecule has 2 N–H and O–H groups in total. The van der Waals surface area contributed by atoms with Crippen LogP contribution in [0.4, 0.5) is 17.1 Å². The van der Waals surface area contributed by atoms with Gasteiger partial charge in [0.1, 0.15) is 0 Å². The monoisotopic (exact) mass is 489 g/mol. The highest BCUT2D eigenvalue weighted by Crippen LogP contribution is 2.29. The molecule has 0 saturated carbocycles. The number of amides is 2. The van der Waals surface area contributed by atoms with E-state index in [2.05, 4.69) is 15.5 Å². The zero-order valence-corrected chi connectivity index (χ0v) is 21.0. The van der Waals surface area contributed by atoms with Gasteiger partial charge in [-0.1, -0.05) is 6.07 Å².